The first-order valence-electron chi connectivity index (χ1n) is 5.22. The molecule has 0 aliphatic carbocycles. The number of ketones is 1. The summed E-state index contributed by atoms with van der Waals surface area (Å²) in [6.07, 6.45) is 0.878. The van der Waals surface area contributed by atoms with Gasteiger partial charge < -0.3 is 4.74 Å². The largest absolute Gasteiger partial charge is 0.487 e. The Bertz CT molecular complexity index is 430. The van der Waals surface area contributed by atoms with Gasteiger partial charge in [0.05, 0.1) is 0 Å². The number of benzene rings is 1. The number of carbonyl (C=O) groups excluding carboxylic acids is 1. The smallest absolute Gasteiger partial charge is 0.160 e. The number of carbonyl (C=O) groups is 1. The van der Waals surface area contributed by atoms with Crippen LogP contribution < -0.4 is 4.74 Å². The average Bonchev–Trinajstić information content (AvgIpc) is 2.36. The Morgan fingerprint density at radius 2 is 2.07 bits per heavy atom. The molecule has 0 aromatic heterocycles. The second kappa shape index (κ2) is 3.09. The van der Waals surface area contributed by atoms with Crippen LogP contribution in [0.25, 0.3) is 0 Å². The fourth-order valence-electron chi connectivity index (χ4n) is 2.13. The molecule has 2 nitrogen and oxygen atoms in total. The number of aryl methyl sites for hydroxylation is 1. The van der Waals surface area contributed by atoms with Crippen LogP contribution in [0.3, 0.4) is 0 Å². The lowest BCUT2D eigenvalue weighted by molar-refractivity contribution is 0.101. The summed E-state index contributed by atoms with van der Waals surface area (Å²) in [6.45, 7) is 7.69. The Balaban J connectivity index is 2.50. The summed E-state index contributed by atoms with van der Waals surface area (Å²) >= 11 is 0. The molecule has 0 spiro atoms. The molecule has 1 aliphatic rings. The molecule has 0 amide bonds. The molecule has 2 heteroatoms. The Morgan fingerprint density at radius 1 is 1.40 bits per heavy atom. The standard InChI is InChI=1S/C13H16O2/c1-8-5-12-10(6-11(8)9(2)14)7-13(3,4)15-12/h5-6H,7H2,1-4H3. The van der Waals surface area contributed by atoms with Crippen LogP contribution in [-0.2, 0) is 6.42 Å². The number of hydrogen-bond acceptors (Lipinski definition) is 2. The van der Waals surface area contributed by atoms with Crippen LogP contribution in [-0.4, -0.2) is 11.4 Å². The van der Waals surface area contributed by atoms with Gasteiger partial charge >= 0.3 is 0 Å². The molecule has 1 aromatic carbocycles. The fraction of sp³-hybridized carbons (Fsp3) is 0.462. The van der Waals surface area contributed by atoms with Crippen LogP contribution in [0.2, 0.25) is 0 Å². The van der Waals surface area contributed by atoms with E-state index in [1.807, 2.05) is 19.1 Å². The monoisotopic (exact) mass is 204 g/mol. The fourth-order valence-corrected chi connectivity index (χ4v) is 2.13. The first kappa shape index (κ1) is 10.2. The van der Waals surface area contributed by atoms with Crippen molar-refractivity contribution >= 4 is 5.78 Å². The van der Waals surface area contributed by atoms with Crippen molar-refractivity contribution in [2.75, 3.05) is 0 Å². The number of hydrogen-bond donors (Lipinski definition) is 0. The third-order valence-electron chi connectivity index (χ3n) is 2.79. The Hall–Kier alpha value is -1.31. The topological polar surface area (TPSA) is 26.3 Å². The second-order valence-corrected chi connectivity index (χ2v) is 4.87. The highest BCUT2D eigenvalue weighted by Crippen LogP contribution is 2.36. The van der Waals surface area contributed by atoms with E-state index in [0.29, 0.717) is 0 Å². The lowest BCUT2D eigenvalue weighted by Gasteiger charge is -2.16. The predicted molar refractivity (Wildman–Crippen MR) is 59.6 cm³/mol. The van der Waals surface area contributed by atoms with Crippen LogP contribution >= 0.6 is 0 Å². The molecule has 1 heterocycles. The Labute approximate surface area is 90.3 Å². The van der Waals surface area contributed by atoms with Crippen LogP contribution in [0.5, 0.6) is 5.75 Å². The van der Waals surface area contributed by atoms with Crippen molar-refractivity contribution in [2.45, 2.75) is 39.7 Å². The number of ether oxygens (including phenoxy) is 1. The molecule has 80 valence electrons. The van der Waals surface area contributed by atoms with Crippen molar-refractivity contribution in [1.29, 1.82) is 0 Å². The highest BCUT2D eigenvalue weighted by atomic mass is 16.5. The molecule has 0 saturated carbocycles. The van der Waals surface area contributed by atoms with Crippen LogP contribution in [0.15, 0.2) is 12.1 Å². The van der Waals surface area contributed by atoms with Crippen molar-refractivity contribution < 1.29 is 9.53 Å². The van der Waals surface area contributed by atoms with Gasteiger partial charge in [-0.1, -0.05) is 0 Å². The molecule has 1 aliphatic heterocycles. The molecule has 0 saturated heterocycles. The maximum absolute atomic E-state index is 11.4. The van der Waals surface area contributed by atoms with E-state index < -0.39 is 0 Å². The van der Waals surface area contributed by atoms with E-state index in [0.717, 1.165) is 28.9 Å². The van der Waals surface area contributed by atoms with Crippen LogP contribution in [0.4, 0.5) is 0 Å². The summed E-state index contributed by atoms with van der Waals surface area (Å²) in [6, 6.07) is 3.95. The summed E-state index contributed by atoms with van der Waals surface area (Å²) in [5.41, 5.74) is 2.83. The van der Waals surface area contributed by atoms with Gasteiger partial charge in [-0.15, -0.1) is 0 Å². The third-order valence-corrected chi connectivity index (χ3v) is 2.79. The van der Waals surface area contributed by atoms with E-state index >= 15 is 0 Å². The molecule has 15 heavy (non-hydrogen) atoms. The summed E-state index contributed by atoms with van der Waals surface area (Å²) in [5.74, 6) is 1.06. The molecule has 0 bridgehead atoms. The minimum absolute atomic E-state index is 0.125. The molecular formula is C13H16O2. The zero-order valence-corrected chi connectivity index (χ0v) is 9.68. The normalized spacial score (nSPS) is 17.1. The van der Waals surface area contributed by atoms with Gasteiger partial charge in [0.2, 0.25) is 0 Å². The van der Waals surface area contributed by atoms with Crippen LogP contribution in [0, 0.1) is 6.92 Å². The molecular weight excluding hydrogens is 188 g/mol. The van der Waals surface area contributed by atoms with Gasteiger partial charge in [0.25, 0.3) is 0 Å². The van der Waals surface area contributed by atoms with Gasteiger partial charge in [0, 0.05) is 12.0 Å². The van der Waals surface area contributed by atoms with Gasteiger partial charge in [0.1, 0.15) is 11.4 Å². The van der Waals surface area contributed by atoms with Crippen molar-refractivity contribution in [3.63, 3.8) is 0 Å². The Kier molecular flexibility index (Phi) is 2.10. The zero-order chi connectivity index (χ0) is 11.2. The first-order valence-corrected chi connectivity index (χ1v) is 5.22. The lowest BCUT2D eigenvalue weighted by Crippen LogP contribution is -2.24. The molecule has 0 atom stereocenters. The van der Waals surface area contributed by atoms with Gasteiger partial charge in [-0.2, -0.15) is 0 Å². The van der Waals surface area contributed by atoms with Gasteiger partial charge in [-0.3, -0.25) is 4.79 Å². The molecule has 2 rings (SSSR count). The van der Waals surface area contributed by atoms with Gasteiger partial charge in [0.15, 0.2) is 5.78 Å². The lowest BCUT2D eigenvalue weighted by atomic mass is 9.97. The highest BCUT2D eigenvalue weighted by molar-refractivity contribution is 5.96. The van der Waals surface area contributed by atoms with Crippen molar-refractivity contribution in [2.24, 2.45) is 0 Å². The van der Waals surface area contributed by atoms with E-state index in [2.05, 4.69) is 13.8 Å². The Morgan fingerprint density at radius 3 is 2.67 bits per heavy atom. The molecule has 1 aromatic rings. The van der Waals surface area contributed by atoms with Crippen molar-refractivity contribution in [1.82, 2.24) is 0 Å². The number of Topliss-reactive ketones (excluding diaryl/α,β-unsaturated/α-hetero) is 1. The SMILES string of the molecule is CC(=O)c1cc2c(cc1C)OC(C)(C)C2. The van der Waals surface area contributed by atoms with Crippen molar-refractivity contribution in [3.05, 3.63) is 28.8 Å². The molecule has 0 unspecified atom stereocenters. The summed E-state index contributed by atoms with van der Waals surface area (Å²) in [4.78, 5) is 11.4. The summed E-state index contributed by atoms with van der Waals surface area (Å²) in [7, 11) is 0. The van der Waals surface area contributed by atoms with Crippen LogP contribution in [0.1, 0.15) is 42.3 Å². The molecule has 0 N–H and O–H groups in total. The second-order valence-electron chi connectivity index (χ2n) is 4.87. The first-order chi connectivity index (χ1) is 6.89. The van der Waals surface area contributed by atoms with E-state index in [-0.39, 0.29) is 11.4 Å². The molecule has 0 fully saturated rings. The van der Waals surface area contributed by atoms with Crippen molar-refractivity contribution in [3.8, 4) is 5.75 Å². The highest BCUT2D eigenvalue weighted by Gasteiger charge is 2.30. The van der Waals surface area contributed by atoms with E-state index in [9.17, 15) is 4.79 Å². The summed E-state index contributed by atoms with van der Waals surface area (Å²) in [5, 5.41) is 0. The average molecular weight is 204 g/mol. The maximum Gasteiger partial charge on any atom is 0.160 e. The maximum atomic E-state index is 11.4. The quantitative estimate of drug-likeness (QED) is 0.657. The minimum Gasteiger partial charge on any atom is -0.487 e. The minimum atomic E-state index is -0.135. The van der Waals surface area contributed by atoms with E-state index in [1.54, 1.807) is 6.92 Å². The third kappa shape index (κ3) is 1.76. The number of fused-ring (bicyclic) bond motifs is 1. The van der Waals surface area contributed by atoms with E-state index in [4.69, 9.17) is 4.74 Å². The number of rotatable bonds is 1. The van der Waals surface area contributed by atoms with E-state index in [1.165, 1.54) is 0 Å². The summed E-state index contributed by atoms with van der Waals surface area (Å²) < 4.78 is 5.80. The van der Waals surface area contributed by atoms with Gasteiger partial charge in [-0.05, 0) is 51.0 Å². The zero-order valence-electron chi connectivity index (χ0n) is 9.68. The van der Waals surface area contributed by atoms with Gasteiger partial charge in [-0.25, -0.2) is 0 Å². The predicted octanol–water partition coefficient (Wildman–Crippen LogP) is 2.91. The molecule has 0 radical (unpaired) electrons.